The first-order chi connectivity index (χ1) is 9.87. The predicted molar refractivity (Wildman–Crippen MR) is 82.2 cm³/mol. The maximum atomic E-state index is 12.3. The molecule has 5 nitrogen and oxygen atoms in total. The number of rotatable bonds is 4. The van der Waals surface area contributed by atoms with Gasteiger partial charge in [-0.2, -0.15) is 0 Å². The lowest BCUT2D eigenvalue weighted by molar-refractivity contribution is -0.119. The maximum absolute atomic E-state index is 12.3. The lowest BCUT2D eigenvalue weighted by Gasteiger charge is -2.22. The highest BCUT2D eigenvalue weighted by molar-refractivity contribution is 7.91. The van der Waals surface area contributed by atoms with Gasteiger partial charge in [0.15, 0.2) is 9.84 Å². The Bertz CT molecular complexity index is 610. The van der Waals surface area contributed by atoms with Gasteiger partial charge in [0.25, 0.3) is 0 Å². The standard InChI is InChI=1S/C15H21NO4S/c1-11(2)20-14-8-4-3-7-13(14)16-15(17)12-6-5-9-21(18,19)10-12/h3-4,7-8,11-12H,5-6,9-10H2,1-2H3,(H,16,17). The van der Waals surface area contributed by atoms with E-state index in [-0.39, 0.29) is 23.5 Å². The quantitative estimate of drug-likeness (QED) is 0.925. The highest BCUT2D eigenvalue weighted by Gasteiger charge is 2.30. The number of carbonyl (C=O) groups excluding carboxylic acids is 1. The van der Waals surface area contributed by atoms with Crippen LogP contribution >= 0.6 is 0 Å². The van der Waals surface area contributed by atoms with Crippen LogP contribution in [0.25, 0.3) is 0 Å². The number of ether oxygens (including phenoxy) is 1. The molecular weight excluding hydrogens is 290 g/mol. The SMILES string of the molecule is CC(C)Oc1ccccc1NC(=O)C1CCCS(=O)(=O)C1. The molecule has 1 fully saturated rings. The fourth-order valence-corrected chi connectivity index (χ4v) is 4.10. The number of benzene rings is 1. The van der Waals surface area contributed by atoms with Crippen LogP contribution in [0.15, 0.2) is 24.3 Å². The molecule has 1 aromatic rings. The number of para-hydroxylation sites is 2. The van der Waals surface area contributed by atoms with Crippen molar-refractivity contribution in [1.29, 1.82) is 0 Å². The summed E-state index contributed by atoms with van der Waals surface area (Å²) in [5, 5.41) is 2.80. The Kier molecular flexibility index (Phi) is 4.88. The van der Waals surface area contributed by atoms with Crippen molar-refractivity contribution in [2.24, 2.45) is 5.92 Å². The molecule has 1 atom stereocenters. The first kappa shape index (κ1) is 15.8. The molecule has 0 bridgehead atoms. The molecule has 21 heavy (non-hydrogen) atoms. The number of amides is 1. The molecule has 1 unspecified atom stereocenters. The molecule has 1 heterocycles. The lowest BCUT2D eigenvalue weighted by atomic mass is 10.0. The Labute approximate surface area is 125 Å². The Morgan fingerprint density at radius 3 is 2.71 bits per heavy atom. The third kappa shape index (κ3) is 4.46. The van der Waals surface area contributed by atoms with Gasteiger partial charge in [-0.25, -0.2) is 8.42 Å². The lowest BCUT2D eigenvalue weighted by Crippen LogP contribution is -2.34. The largest absolute Gasteiger partial charge is 0.489 e. The fourth-order valence-electron chi connectivity index (χ4n) is 2.39. The second-order valence-electron chi connectivity index (χ2n) is 5.61. The average molecular weight is 311 g/mol. The van der Waals surface area contributed by atoms with E-state index in [1.165, 1.54) is 0 Å². The van der Waals surface area contributed by atoms with E-state index in [0.29, 0.717) is 24.3 Å². The third-order valence-electron chi connectivity index (χ3n) is 3.34. The number of sulfone groups is 1. The van der Waals surface area contributed by atoms with Gasteiger partial charge in [-0.1, -0.05) is 12.1 Å². The highest BCUT2D eigenvalue weighted by atomic mass is 32.2. The Hall–Kier alpha value is -1.56. The number of carbonyl (C=O) groups is 1. The molecule has 0 radical (unpaired) electrons. The summed E-state index contributed by atoms with van der Waals surface area (Å²) in [4.78, 5) is 12.3. The summed E-state index contributed by atoms with van der Waals surface area (Å²) in [5.41, 5.74) is 0.583. The van der Waals surface area contributed by atoms with Crippen molar-refractivity contribution >= 4 is 21.4 Å². The molecule has 0 aliphatic carbocycles. The van der Waals surface area contributed by atoms with Crippen LogP contribution in [0.2, 0.25) is 0 Å². The second-order valence-corrected chi connectivity index (χ2v) is 7.83. The van der Waals surface area contributed by atoms with Gasteiger partial charge in [-0.05, 0) is 38.8 Å². The molecule has 1 aromatic carbocycles. The first-order valence-corrected chi connectivity index (χ1v) is 8.96. The van der Waals surface area contributed by atoms with Gasteiger partial charge in [0.1, 0.15) is 5.75 Å². The van der Waals surface area contributed by atoms with E-state index in [9.17, 15) is 13.2 Å². The van der Waals surface area contributed by atoms with E-state index in [0.717, 1.165) is 0 Å². The minimum Gasteiger partial charge on any atom is -0.489 e. The van der Waals surface area contributed by atoms with E-state index in [2.05, 4.69) is 5.32 Å². The zero-order valence-electron chi connectivity index (χ0n) is 12.3. The highest BCUT2D eigenvalue weighted by Crippen LogP contribution is 2.27. The van der Waals surface area contributed by atoms with Crippen LogP contribution in [0.1, 0.15) is 26.7 Å². The van der Waals surface area contributed by atoms with Crippen LogP contribution in [0, 0.1) is 5.92 Å². The van der Waals surface area contributed by atoms with Crippen molar-refractivity contribution in [2.45, 2.75) is 32.8 Å². The fraction of sp³-hybridized carbons (Fsp3) is 0.533. The van der Waals surface area contributed by atoms with Crippen molar-refractivity contribution < 1.29 is 17.9 Å². The van der Waals surface area contributed by atoms with Crippen LogP contribution in [-0.2, 0) is 14.6 Å². The van der Waals surface area contributed by atoms with E-state index in [4.69, 9.17) is 4.74 Å². The zero-order chi connectivity index (χ0) is 15.5. The molecule has 1 N–H and O–H groups in total. The van der Waals surface area contributed by atoms with Crippen molar-refractivity contribution in [3.8, 4) is 5.75 Å². The van der Waals surface area contributed by atoms with Crippen LogP contribution in [-0.4, -0.2) is 31.9 Å². The number of hydrogen-bond donors (Lipinski definition) is 1. The van der Waals surface area contributed by atoms with Gasteiger partial charge in [0.05, 0.1) is 29.2 Å². The van der Waals surface area contributed by atoms with E-state index in [1.54, 1.807) is 18.2 Å². The summed E-state index contributed by atoms with van der Waals surface area (Å²) in [7, 11) is -3.09. The van der Waals surface area contributed by atoms with Gasteiger partial charge in [0, 0.05) is 0 Å². The van der Waals surface area contributed by atoms with Crippen molar-refractivity contribution in [3.63, 3.8) is 0 Å². The summed E-state index contributed by atoms with van der Waals surface area (Å²) in [6.45, 7) is 3.82. The van der Waals surface area contributed by atoms with Crippen LogP contribution in [0.4, 0.5) is 5.69 Å². The maximum Gasteiger partial charge on any atom is 0.228 e. The zero-order valence-corrected chi connectivity index (χ0v) is 13.2. The molecule has 0 spiro atoms. The van der Waals surface area contributed by atoms with Crippen LogP contribution in [0.5, 0.6) is 5.75 Å². The number of anilines is 1. The van der Waals surface area contributed by atoms with E-state index >= 15 is 0 Å². The summed E-state index contributed by atoms with van der Waals surface area (Å²) < 4.78 is 28.9. The Morgan fingerprint density at radius 2 is 2.05 bits per heavy atom. The van der Waals surface area contributed by atoms with Crippen LogP contribution < -0.4 is 10.1 Å². The molecule has 0 saturated carbocycles. The van der Waals surface area contributed by atoms with Gasteiger partial charge in [-0.3, -0.25) is 4.79 Å². The van der Waals surface area contributed by atoms with Gasteiger partial charge in [0.2, 0.25) is 5.91 Å². The van der Waals surface area contributed by atoms with Crippen molar-refractivity contribution in [1.82, 2.24) is 0 Å². The molecule has 6 heteroatoms. The molecule has 1 aliphatic heterocycles. The summed E-state index contributed by atoms with van der Waals surface area (Å²) in [6.07, 6.45) is 1.15. The number of nitrogens with one attached hydrogen (secondary N) is 1. The molecule has 1 aliphatic rings. The summed E-state index contributed by atoms with van der Waals surface area (Å²) in [5.74, 6) is -0.0102. The van der Waals surface area contributed by atoms with E-state index < -0.39 is 15.8 Å². The van der Waals surface area contributed by atoms with Crippen molar-refractivity contribution in [3.05, 3.63) is 24.3 Å². The van der Waals surface area contributed by atoms with Crippen molar-refractivity contribution in [2.75, 3.05) is 16.8 Å². The normalized spacial score (nSPS) is 21.0. The van der Waals surface area contributed by atoms with Gasteiger partial charge >= 0.3 is 0 Å². The van der Waals surface area contributed by atoms with Crippen LogP contribution in [0.3, 0.4) is 0 Å². The monoisotopic (exact) mass is 311 g/mol. The third-order valence-corrected chi connectivity index (χ3v) is 5.16. The molecular formula is C15H21NO4S. The molecule has 0 aromatic heterocycles. The molecule has 1 saturated heterocycles. The Morgan fingerprint density at radius 1 is 1.33 bits per heavy atom. The molecule has 1 amide bonds. The summed E-state index contributed by atoms with van der Waals surface area (Å²) in [6, 6.07) is 7.18. The number of hydrogen-bond acceptors (Lipinski definition) is 4. The molecule has 2 rings (SSSR count). The predicted octanol–water partition coefficient (Wildman–Crippen LogP) is 2.24. The summed E-state index contributed by atoms with van der Waals surface area (Å²) >= 11 is 0. The smallest absolute Gasteiger partial charge is 0.228 e. The first-order valence-electron chi connectivity index (χ1n) is 7.14. The van der Waals surface area contributed by atoms with E-state index in [1.807, 2.05) is 19.9 Å². The average Bonchev–Trinajstić information content (AvgIpc) is 2.39. The van der Waals surface area contributed by atoms with Gasteiger partial charge in [-0.15, -0.1) is 0 Å². The topological polar surface area (TPSA) is 72.5 Å². The van der Waals surface area contributed by atoms with Gasteiger partial charge < -0.3 is 10.1 Å². The Balaban J connectivity index is 2.09. The molecule has 116 valence electrons. The second kappa shape index (κ2) is 6.47. The minimum absolute atomic E-state index is 0.00175. The minimum atomic E-state index is -3.09.